The van der Waals surface area contributed by atoms with Gasteiger partial charge in [-0.15, -0.1) is 0 Å². The van der Waals surface area contributed by atoms with E-state index in [0.717, 1.165) is 18.4 Å². The van der Waals surface area contributed by atoms with Crippen molar-refractivity contribution < 1.29 is 17.9 Å². The Balaban J connectivity index is 2.94. The van der Waals surface area contributed by atoms with E-state index in [0.29, 0.717) is 5.56 Å². The topological polar surface area (TPSA) is 9.23 Å². The zero-order valence-electron chi connectivity index (χ0n) is 11.0. The highest BCUT2D eigenvalue weighted by molar-refractivity contribution is 5.27. The molecule has 0 fully saturated rings. The van der Waals surface area contributed by atoms with Gasteiger partial charge in [-0.2, -0.15) is 13.2 Å². The first kappa shape index (κ1) is 15.0. The number of ether oxygens (including phenoxy) is 1. The average molecular weight is 260 g/mol. The Labute approximate surface area is 106 Å². The molecule has 0 saturated carbocycles. The van der Waals surface area contributed by atoms with E-state index in [1.54, 1.807) is 12.1 Å². The molecule has 1 atom stereocenters. The molecule has 102 valence electrons. The Hall–Kier alpha value is -1.03. The summed E-state index contributed by atoms with van der Waals surface area (Å²) in [5.74, 6) is 0. The van der Waals surface area contributed by atoms with Gasteiger partial charge in [0, 0.05) is 7.11 Å². The number of hydrogen-bond donors (Lipinski definition) is 0. The highest BCUT2D eigenvalue weighted by atomic mass is 19.4. The quantitative estimate of drug-likeness (QED) is 0.759. The van der Waals surface area contributed by atoms with E-state index in [4.69, 9.17) is 4.74 Å². The van der Waals surface area contributed by atoms with Crippen LogP contribution in [0.25, 0.3) is 0 Å². The molecule has 0 bridgehead atoms. The molecule has 1 aromatic carbocycles. The van der Waals surface area contributed by atoms with Crippen LogP contribution in [0.2, 0.25) is 0 Å². The van der Waals surface area contributed by atoms with E-state index in [9.17, 15) is 13.2 Å². The SMILES string of the molecule is CCCc1ccc(C(C)(CC(F)(F)F)OC)cc1. The molecule has 0 aliphatic heterocycles. The molecule has 0 amide bonds. The Kier molecular flexibility index (Phi) is 4.79. The van der Waals surface area contributed by atoms with E-state index in [-0.39, 0.29) is 0 Å². The fourth-order valence-corrected chi connectivity index (χ4v) is 1.99. The maximum atomic E-state index is 12.5. The molecule has 4 heteroatoms. The fraction of sp³-hybridized carbons (Fsp3) is 0.571. The van der Waals surface area contributed by atoms with E-state index in [1.165, 1.54) is 14.0 Å². The number of benzene rings is 1. The number of methoxy groups -OCH3 is 1. The predicted octanol–water partition coefficient (Wildman–Crippen LogP) is 4.45. The summed E-state index contributed by atoms with van der Waals surface area (Å²) in [6.45, 7) is 3.53. The van der Waals surface area contributed by atoms with Crippen LogP contribution in [0.1, 0.15) is 37.8 Å². The lowest BCUT2D eigenvalue weighted by Crippen LogP contribution is -2.31. The maximum Gasteiger partial charge on any atom is 0.392 e. The van der Waals surface area contributed by atoms with Crippen LogP contribution >= 0.6 is 0 Å². The van der Waals surface area contributed by atoms with Gasteiger partial charge in [0.25, 0.3) is 0 Å². The van der Waals surface area contributed by atoms with E-state index in [1.807, 2.05) is 12.1 Å². The van der Waals surface area contributed by atoms with Crippen molar-refractivity contribution >= 4 is 0 Å². The van der Waals surface area contributed by atoms with Crippen molar-refractivity contribution in [3.05, 3.63) is 35.4 Å². The molecular formula is C14H19F3O. The number of hydrogen-bond acceptors (Lipinski definition) is 1. The van der Waals surface area contributed by atoms with Crippen LogP contribution in [-0.4, -0.2) is 13.3 Å². The molecule has 0 aliphatic rings. The summed E-state index contributed by atoms with van der Waals surface area (Å²) in [5, 5.41) is 0. The number of alkyl halides is 3. The summed E-state index contributed by atoms with van der Waals surface area (Å²) in [6, 6.07) is 7.18. The van der Waals surface area contributed by atoms with Crippen molar-refractivity contribution in [1.29, 1.82) is 0 Å². The lowest BCUT2D eigenvalue weighted by Gasteiger charge is -2.29. The van der Waals surface area contributed by atoms with Gasteiger partial charge in [0.2, 0.25) is 0 Å². The molecule has 18 heavy (non-hydrogen) atoms. The van der Waals surface area contributed by atoms with E-state index in [2.05, 4.69) is 6.92 Å². The monoisotopic (exact) mass is 260 g/mol. The van der Waals surface area contributed by atoms with Gasteiger partial charge >= 0.3 is 6.18 Å². The lowest BCUT2D eigenvalue weighted by atomic mass is 9.91. The smallest absolute Gasteiger partial charge is 0.373 e. The summed E-state index contributed by atoms with van der Waals surface area (Å²) < 4.78 is 42.7. The third kappa shape index (κ3) is 4.02. The molecule has 0 N–H and O–H groups in total. The van der Waals surface area contributed by atoms with Gasteiger partial charge in [0.15, 0.2) is 0 Å². The van der Waals surface area contributed by atoms with Gasteiger partial charge < -0.3 is 4.74 Å². The molecule has 1 aromatic rings. The maximum absolute atomic E-state index is 12.5. The molecule has 0 heterocycles. The third-order valence-corrected chi connectivity index (χ3v) is 3.09. The lowest BCUT2D eigenvalue weighted by molar-refractivity contribution is -0.181. The van der Waals surface area contributed by atoms with Crippen molar-refractivity contribution in [2.75, 3.05) is 7.11 Å². The van der Waals surface area contributed by atoms with Gasteiger partial charge in [-0.25, -0.2) is 0 Å². The molecular weight excluding hydrogens is 241 g/mol. The first-order valence-corrected chi connectivity index (χ1v) is 6.02. The van der Waals surface area contributed by atoms with Crippen LogP contribution in [-0.2, 0) is 16.8 Å². The van der Waals surface area contributed by atoms with Crippen molar-refractivity contribution in [3.8, 4) is 0 Å². The van der Waals surface area contributed by atoms with E-state index >= 15 is 0 Å². The molecule has 0 spiro atoms. The largest absolute Gasteiger partial charge is 0.392 e. The third-order valence-electron chi connectivity index (χ3n) is 3.09. The Morgan fingerprint density at radius 1 is 1.11 bits per heavy atom. The van der Waals surface area contributed by atoms with Crippen LogP contribution in [0.15, 0.2) is 24.3 Å². The predicted molar refractivity (Wildman–Crippen MR) is 65.5 cm³/mol. The molecule has 1 rings (SSSR count). The minimum absolute atomic E-state index is 0.558. The molecule has 0 aliphatic carbocycles. The Morgan fingerprint density at radius 2 is 1.67 bits per heavy atom. The minimum Gasteiger partial charge on any atom is -0.373 e. The van der Waals surface area contributed by atoms with Crippen molar-refractivity contribution in [2.24, 2.45) is 0 Å². The Morgan fingerprint density at radius 3 is 2.06 bits per heavy atom. The van der Waals surface area contributed by atoms with Crippen molar-refractivity contribution in [3.63, 3.8) is 0 Å². The van der Waals surface area contributed by atoms with Gasteiger partial charge in [-0.1, -0.05) is 37.6 Å². The summed E-state index contributed by atoms with van der Waals surface area (Å²) in [7, 11) is 1.31. The van der Waals surface area contributed by atoms with Crippen molar-refractivity contribution in [2.45, 2.75) is 44.9 Å². The van der Waals surface area contributed by atoms with Crippen LogP contribution in [0.4, 0.5) is 13.2 Å². The second kappa shape index (κ2) is 5.74. The summed E-state index contributed by atoms with van der Waals surface area (Å²) in [4.78, 5) is 0. The number of halogens is 3. The number of rotatable bonds is 5. The van der Waals surface area contributed by atoms with Crippen LogP contribution in [0, 0.1) is 0 Å². The van der Waals surface area contributed by atoms with E-state index < -0.39 is 18.2 Å². The second-order valence-corrected chi connectivity index (χ2v) is 4.67. The molecule has 0 aromatic heterocycles. The highest BCUT2D eigenvalue weighted by Gasteiger charge is 2.40. The van der Waals surface area contributed by atoms with Crippen LogP contribution < -0.4 is 0 Å². The zero-order valence-corrected chi connectivity index (χ0v) is 11.0. The van der Waals surface area contributed by atoms with Gasteiger partial charge in [0.05, 0.1) is 12.0 Å². The first-order valence-electron chi connectivity index (χ1n) is 6.02. The molecule has 1 unspecified atom stereocenters. The summed E-state index contributed by atoms with van der Waals surface area (Å²) in [6.07, 6.45) is -3.27. The first-order chi connectivity index (χ1) is 8.30. The summed E-state index contributed by atoms with van der Waals surface area (Å²) >= 11 is 0. The van der Waals surface area contributed by atoms with Crippen LogP contribution in [0.3, 0.4) is 0 Å². The second-order valence-electron chi connectivity index (χ2n) is 4.67. The number of aryl methyl sites for hydroxylation is 1. The van der Waals surface area contributed by atoms with Gasteiger partial charge in [-0.05, 0) is 24.5 Å². The standard InChI is InChI=1S/C14H19F3O/c1-4-5-11-6-8-12(9-7-11)13(2,18-3)10-14(15,16)17/h6-9H,4-5,10H2,1-3H3. The fourth-order valence-electron chi connectivity index (χ4n) is 1.99. The minimum atomic E-state index is -4.24. The Bertz CT molecular complexity index is 370. The normalized spacial score (nSPS) is 15.4. The van der Waals surface area contributed by atoms with Gasteiger partial charge in [-0.3, -0.25) is 0 Å². The zero-order chi connectivity index (χ0) is 13.8. The molecule has 0 radical (unpaired) electrons. The van der Waals surface area contributed by atoms with Gasteiger partial charge in [0.1, 0.15) is 0 Å². The molecule has 1 nitrogen and oxygen atoms in total. The molecule has 0 saturated heterocycles. The highest BCUT2D eigenvalue weighted by Crippen LogP contribution is 2.37. The summed E-state index contributed by atoms with van der Waals surface area (Å²) in [5.41, 5.74) is 0.372. The average Bonchev–Trinajstić information content (AvgIpc) is 2.28. The van der Waals surface area contributed by atoms with Crippen molar-refractivity contribution in [1.82, 2.24) is 0 Å². The van der Waals surface area contributed by atoms with Crippen LogP contribution in [0.5, 0.6) is 0 Å².